The molecule has 1 heterocycles. The number of hydrogen-bond donors (Lipinski definition) is 3. The lowest BCUT2D eigenvalue weighted by atomic mass is 10.2. The number of rotatable bonds is 6. The van der Waals surface area contributed by atoms with Gasteiger partial charge in [-0.2, -0.15) is 0 Å². The number of nitrogens with two attached hydrogens (primary N) is 1. The van der Waals surface area contributed by atoms with E-state index in [1.165, 1.54) is 0 Å². The van der Waals surface area contributed by atoms with Gasteiger partial charge in [0.05, 0.1) is 0 Å². The first-order chi connectivity index (χ1) is 9.69. The second-order valence-corrected chi connectivity index (χ2v) is 4.85. The van der Waals surface area contributed by atoms with Crippen molar-refractivity contribution in [1.29, 1.82) is 0 Å². The molecule has 1 saturated carbocycles. The normalized spacial score (nSPS) is 14.9. The molecule has 4 N–H and O–H groups in total. The number of oxime groups is 1. The maximum atomic E-state index is 12.2. The smallest absolute Gasteiger partial charge is 0.317 e. The molecule has 1 aliphatic carbocycles. The molecule has 1 aromatic heterocycles. The van der Waals surface area contributed by atoms with Crippen LogP contribution in [0.2, 0.25) is 0 Å². The van der Waals surface area contributed by atoms with Gasteiger partial charge < -0.3 is 21.2 Å². The number of carbonyl (C=O) groups is 1. The molecule has 0 aromatic carbocycles. The highest BCUT2D eigenvalue weighted by Crippen LogP contribution is 2.19. The zero-order valence-electron chi connectivity index (χ0n) is 11.2. The third kappa shape index (κ3) is 4.42. The minimum Gasteiger partial charge on any atom is -0.409 e. The van der Waals surface area contributed by atoms with Gasteiger partial charge in [0.1, 0.15) is 5.84 Å². The molecule has 0 bridgehead atoms. The van der Waals surface area contributed by atoms with Crippen LogP contribution < -0.4 is 11.1 Å². The Bertz CT molecular complexity index is 473. The number of nitrogens with zero attached hydrogens (tertiary/aromatic N) is 3. The molecule has 1 fully saturated rings. The number of urea groups is 1. The third-order valence-corrected chi connectivity index (χ3v) is 3.05. The lowest BCUT2D eigenvalue weighted by molar-refractivity contribution is 0.196. The number of amidine groups is 1. The van der Waals surface area contributed by atoms with Crippen LogP contribution in [0.3, 0.4) is 0 Å². The molecule has 0 saturated heterocycles. The molecule has 108 valence electrons. The Morgan fingerprint density at radius 2 is 2.40 bits per heavy atom. The molecule has 7 heteroatoms. The van der Waals surface area contributed by atoms with Gasteiger partial charge in [0.25, 0.3) is 0 Å². The van der Waals surface area contributed by atoms with Crippen molar-refractivity contribution in [2.45, 2.75) is 31.8 Å². The van der Waals surface area contributed by atoms with Gasteiger partial charge in [0.15, 0.2) is 0 Å². The predicted octanol–water partition coefficient (Wildman–Crippen LogP) is 0.892. The molecular weight excluding hydrogens is 258 g/mol. The Kier molecular flexibility index (Phi) is 4.75. The van der Waals surface area contributed by atoms with Crippen molar-refractivity contribution < 1.29 is 10.0 Å². The Balaban J connectivity index is 1.96. The van der Waals surface area contributed by atoms with Crippen LogP contribution in [0.5, 0.6) is 0 Å². The second-order valence-electron chi connectivity index (χ2n) is 4.85. The average Bonchev–Trinajstić information content (AvgIpc) is 3.27. The van der Waals surface area contributed by atoms with Crippen molar-refractivity contribution in [2.75, 3.05) is 6.54 Å². The number of nitrogens with one attached hydrogen (secondary N) is 1. The summed E-state index contributed by atoms with van der Waals surface area (Å²) in [5.74, 6) is 0.111. The van der Waals surface area contributed by atoms with Crippen molar-refractivity contribution in [1.82, 2.24) is 15.2 Å². The van der Waals surface area contributed by atoms with E-state index in [4.69, 9.17) is 10.9 Å². The van der Waals surface area contributed by atoms with Crippen LogP contribution in [0.15, 0.2) is 29.7 Å². The fourth-order valence-electron chi connectivity index (χ4n) is 1.76. The summed E-state index contributed by atoms with van der Waals surface area (Å²) >= 11 is 0. The zero-order valence-corrected chi connectivity index (χ0v) is 11.2. The van der Waals surface area contributed by atoms with Crippen LogP contribution >= 0.6 is 0 Å². The zero-order chi connectivity index (χ0) is 14.4. The molecule has 0 unspecified atom stereocenters. The van der Waals surface area contributed by atoms with E-state index in [1.54, 1.807) is 17.3 Å². The standard InChI is InChI=1S/C13H19N5O2/c14-12(17-20)5-7-18(13(19)16-11-3-4-11)9-10-2-1-6-15-8-10/h1-2,6,8,11,20H,3-5,7,9H2,(H2,14,17)(H,16,19). The van der Waals surface area contributed by atoms with Crippen molar-refractivity contribution in [2.24, 2.45) is 10.9 Å². The maximum Gasteiger partial charge on any atom is 0.317 e. The second kappa shape index (κ2) is 6.74. The molecule has 0 spiro atoms. The number of carbonyl (C=O) groups excluding carboxylic acids is 1. The van der Waals surface area contributed by atoms with Gasteiger partial charge in [-0.15, -0.1) is 0 Å². The van der Waals surface area contributed by atoms with Crippen molar-refractivity contribution >= 4 is 11.9 Å². The Morgan fingerprint density at radius 1 is 1.60 bits per heavy atom. The first kappa shape index (κ1) is 14.1. The van der Waals surface area contributed by atoms with E-state index in [0.717, 1.165) is 18.4 Å². The number of amides is 2. The molecule has 7 nitrogen and oxygen atoms in total. The van der Waals surface area contributed by atoms with Crippen LogP contribution in [0.4, 0.5) is 4.79 Å². The molecule has 20 heavy (non-hydrogen) atoms. The van der Waals surface area contributed by atoms with Gasteiger partial charge in [0.2, 0.25) is 0 Å². The summed E-state index contributed by atoms with van der Waals surface area (Å²) in [6.07, 6.45) is 5.81. The average molecular weight is 277 g/mol. The van der Waals surface area contributed by atoms with Crippen molar-refractivity contribution in [3.05, 3.63) is 30.1 Å². The highest BCUT2D eigenvalue weighted by atomic mass is 16.4. The SMILES string of the molecule is NC(CCN(Cc1cccnc1)C(=O)NC1CC1)=NO. The van der Waals surface area contributed by atoms with Gasteiger partial charge in [-0.25, -0.2) is 4.79 Å². The third-order valence-electron chi connectivity index (χ3n) is 3.05. The summed E-state index contributed by atoms with van der Waals surface area (Å²) in [4.78, 5) is 17.8. The van der Waals surface area contributed by atoms with E-state index in [2.05, 4.69) is 15.5 Å². The topological polar surface area (TPSA) is 104 Å². The quantitative estimate of drug-likeness (QED) is 0.311. The monoisotopic (exact) mass is 277 g/mol. The van der Waals surface area contributed by atoms with E-state index in [-0.39, 0.29) is 11.9 Å². The van der Waals surface area contributed by atoms with Gasteiger partial charge in [0, 0.05) is 37.9 Å². The largest absolute Gasteiger partial charge is 0.409 e. The van der Waals surface area contributed by atoms with E-state index >= 15 is 0 Å². The number of aromatic nitrogens is 1. The van der Waals surface area contributed by atoms with Crippen LogP contribution in [-0.4, -0.2) is 39.5 Å². The highest BCUT2D eigenvalue weighted by Gasteiger charge is 2.26. The minimum atomic E-state index is -0.123. The van der Waals surface area contributed by atoms with E-state index in [0.29, 0.717) is 25.6 Å². The Hall–Kier alpha value is -2.31. The van der Waals surface area contributed by atoms with Gasteiger partial charge in [-0.1, -0.05) is 11.2 Å². The Morgan fingerprint density at radius 3 is 3.00 bits per heavy atom. The summed E-state index contributed by atoms with van der Waals surface area (Å²) in [7, 11) is 0. The lowest BCUT2D eigenvalue weighted by Gasteiger charge is -2.23. The van der Waals surface area contributed by atoms with Crippen molar-refractivity contribution in [3.8, 4) is 0 Å². The maximum absolute atomic E-state index is 12.2. The number of pyridine rings is 1. The molecule has 1 aromatic rings. The van der Waals surface area contributed by atoms with Crippen LogP contribution in [0, 0.1) is 0 Å². The van der Waals surface area contributed by atoms with E-state index < -0.39 is 0 Å². The molecule has 0 radical (unpaired) electrons. The summed E-state index contributed by atoms with van der Waals surface area (Å²) in [5.41, 5.74) is 6.40. The Labute approximate surface area is 117 Å². The van der Waals surface area contributed by atoms with Gasteiger partial charge in [-0.3, -0.25) is 4.98 Å². The first-order valence-corrected chi connectivity index (χ1v) is 6.60. The van der Waals surface area contributed by atoms with Crippen LogP contribution in [0.1, 0.15) is 24.8 Å². The molecular formula is C13H19N5O2. The van der Waals surface area contributed by atoms with Gasteiger partial charge in [-0.05, 0) is 24.5 Å². The summed E-state index contributed by atoms with van der Waals surface area (Å²) < 4.78 is 0. The first-order valence-electron chi connectivity index (χ1n) is 6.60. The molecule has 2 rings (SSSR count). The van der Waals surface area contributed by atoms with E-state index in [1.807, 2.05) is 12.1 Å². The van der Waals surface area contributed by atoms with Crippen molar-refractivity contribution in [3.63, 3.8) is 0 Å². The minimum absolute atomic E-state index is 0.111. The van der Waals surface area contributed by atoms with Crippen LogP contribution in [0.25, 0.3) is 0 Å². The van der Waals surface area contributed by atoms with Gasteiger partial charge >= 0.3 is 6.03 Å². The fraction of sp³-hybridized carbons (Fsp3) is 0.462. The fourth-order valence-corrected chi connectivity index (χ4v) is 1.76. The van der Waals surface area contributed by atoms with E-state index in [9.17, 15) is 4.79 Å². The number of hydrogen-bond acceptors (Lipinski definition) is 4. The summed E-state index contributed by atoms with van der Waals surface area (Å²) in [5, 5.41) is 14.4. The lowest BCUT2D eigenvalue weighted by Crippen LogP contribution is -2.42. The van der Waals surface area contributed by atoms with Crippen LogP contribution in [-0.2, 0) is 6.54 Å². The summed E-state index contributed by atoms with van der Waals surface area (Å²) in [6.45, 7) is 0.842. The summed E-state index contributed by atoms with van der Waals surface area (Å²) in [6, 6.07) is 3.91. The predicted molar refractivity (Wildman–Crippen MR) is 74.2 cm³/mol. The molecule has 1 aliphatic rings. The molecule has 0 atom stereocenters. The highest BCUT2D eigenvalue weighted by molar-refractivity contribution is 5.81. The molecule has 0 aliphatic heterocycles. The molecule has 2 amide bonds.